The maximum absolute atomic E-state index is 12.1. The molecule has 0 saturated carbocycles. The highest BCUT2D eigenvalue weighted by atomic mass is 79.9. The zero-order chi connectivity index (χ0) is 13.1. The van der Waals surface area contributed by atoms with E-state index >= 15 is 0 Å². The summed E-state index contributed by atoms with van der Waals surface area (Å²) in [6.07, 6.45) is 2.89. The van der Waals surface area contributed by atoms with Crippen LogP contribution in [0.2, 0.25) is 0 Å². The Morgan fingerprint density at radius 1 is 1.56 bits per heavy atom. The first-order chi connectivity index (χ1) is 8.60. The molecule has 2 heterocycles. The van der Waals surface area contributed by atoms with Crippen molar-refractivity contribution in [2.45, 2.75) is 26.8 Å². The van der Waals surface area contributed by atoms with Crippen LogP contribution in [-0.4, -0.2) is 20.7 Å². The van der Waals surface area contributed by atoms with E-state index in [1.807, 2.05) is 23.8 Å². The third kappa shape index (κ3) is 2.81. The van der Waals surface area contributed by atoms with E-state index in [1.54, 1.807) is 6.07 Å². The van der Waals surface area contributed by atoms with E-state index in [0.29, 0.717) is 11.5 Å². The van der Waals surface area contributed by atoms with Gasteiger partial charge in [0.2, 0.25) is 0 Å². The fourth-order valence-corrected chi connectivity index (χ4v) is 2.22. The SMILES string of the molecule is CCCn1cc(Br)cc1C(=O)Nc1cc(C)[nH]n1. The number of halogens is 1. The van der Waals surface area contributed by atoms with Gasteiger partial charge in [0, 0.05) is 29.0 Å². The minimum Gasteiger partial charge on any atom is -0.342 e. The van der Waals surface area contributed by atoms with Gasteiger partial charge in [0.25, 0.3) is 5.91 Å². The standard InChI is InChI=1S/C12H15BrN4O/c1-3-4-17-7-9(13)6-10(17)12(18)14-11-5-8(2)15-16-11/h5-7H,3-4H2,1-2H3,(H2,14,15,16,18). The number of aromatic amines is 1. The van der Waals surface area contributed by atoms with Gasteiger partial charge < -0.3 is 9.88 Å². The predicted molar refractivity (Wildman–Crippen MR) is 73.7 cm³/mol. The van der Waals surface area contributed by atoms with Crippen LogP contribution in [0, 0.1) is 6.92 Å². The summed E-state index contributed by atoms with van der Waals surface area (Å²) in [5, 5.41) is 9.54. The molecule has 2 aromatic heterocycles. The number of amides is 1. The predicted octanol–water partition coefficient (Wildman–Crippen LogP) is 2.94. The number of nitrogens with zero attached hydrogens (tertiary/aromatic N) is 2. The molecule has 0 atom stereocenters. The molecular weight excluding hydrogens is 296 g/mol. The molecule has 2 aromatic rings. The highest BCUT2D eigenvalue weighted by Gasteiger charge is 2.13. The van der Waals surface area contributed by atoms with Gasteiger partial charge in [0.15, 0.2) is 5.82 Å². The van der Waals surface area contributed by atoms with Crippen molar-refractivity contribution in [3.8, 4) is 0 Å². The van der Waals surface area contributed by atoms with Crippen LogP contribution in [0.4, 0.5) is 5.82 Å². The highest BCUT2D eigenvalue weighted by molar-refractivity contribution is 9.10. The number of aromatic nitrogens is 3. The molecule has 0 saturated heterocycles. The number of hydrogen-bond acceptors (Lipinski definition) is 2. The second kappa shape index (κ2) is 5.39. The van der Waals surface area contributed by atoms with Crippen LogP contribution in [0.1, 0.15) is 29.5 Å². The molecule has 6 heteroatoms. The Hall–Kier alpha value is -1.56. The van der Waals surface area contributed by atoms with Crippen molar-refractivity contribution >= 4 is 27.7 Å². The Balaban J connectivity index is 2.17. The zero-order valence-electron chi connectivity index (χ0n) is 10.3. The van der Waals surface area contributed by atoms with Gasteiger partial charge in [-0.2, -0.15) is 5.10 Å². The van der Waals surface area contributed by atoms with Gasteiger partial charge in [-0.05, 0) is 35.3 Å². The van der Waals surface area contributed by atoms with Gasteiger partial charge in [-0.25, -0.2) is 0 Å². The summed E-state index contributed by atoms with van der Waals surface area (Å²) in [5.41, 5.74) is 1.54. The molecule has 5 nitrogen and oxygen atoms in total. The number of rotatable bonds is 4. The summed E-state index contributed by atoms with van der Waals surface area (Å²) in [6.45, 7) is 4.78. The summed E-state index contributed by atoms with van der Waals surface area (Å²) in [6, 6.07) is 3.60. The molecule has 0 spiro atoms. The minimum atomic E-state index is -0.152. The molecule has 0 bridgehead atoms. The number of hydrogen-bond donors (Lipinski definition) is 2. The molecule has 2 N–H and O–H groups in total. The molecule has 2 rings (SSSR count). The number of H-pyrrole nitrogens is 1. The first-order valence-electron chi connectivity index (χ1n) is 5.79. The molecule has 18 heavy (non-hydrogen) atoms. The summed E-state index contributed by atoms with van der Waals surface area (Å²) < 4.78 is 2.83. The van der Waals surface area contributed by atoms with Gasteiger partial charge in [0.1, 0.15) is 5.69 Å². The van der Waals surface area contributed by atoms with Crippen molar-refractivity contribution in [2.24, 2.45) is 0 Å². The van der Waals surface area contributed by atoms with Crippen LogP contribution < -0.4 is 5.32 Å². The average molecular weight is 311 g/mol. The average Bonchev–Trinajstić information content (AvgIpc) is 2.86. The Kier molecular flexibility index (Phi) is 3.86. The Morgan fingerprint density at radius 2 is 2.33 bits per heavy atom. The zero-order valence-corrected chi connectivity index (χ0v) is 11.9. The van der Waals surface area contributed by atoms with Gasteiger partial charge in [-0.15, -0.1) is 0 Å². The lowest BCUT2D eigenvalue weighted by molar-refractivity contribution is 0.101. The van der Waals surface area contributed by atoms with E-state index in [2.05, 4.69) is 38.4 Å². The molecule has 0 aliphatic carbocycles. The maximum atomic E-state index is 12.1. The normalized spacial score (nSPS) is 10.6. The highest BCUT2D eigenvalue weighted by Crippen LogP contribution is 2.17. The second-order valence-electron chi connectivity index (χ2n) is 4.13. The third-order valence-corrected chi connectivity index (χ3v) is 2.94. The fraction of sp³-hybridized carbons (Fsp3) is 0.333. The third-order valence-electron chi connectivity index (χ3n) is 2.51. The van der Waals surface area contributed by atoms with Gasteiger partial charge in [-0.1, -0.05) is 6.92 Å². The number of carbonyl (C=O) groups excluding carboxylic acids is 1. The lowest BCUT2D eigenvalue weighted by Gasteiger charge is -2.06. The number of nitrogens with one attached hydrogen (secondary N) is 2. The number of anilines is 1. The quantitative estimate of drug-likeness (QED) is 0.912. The Labute approximate surface area is 114 Å². The van der Waals surface area contributed by atoms with Crippen molar-refractivity contribution in [1.29, 1.82) is 0 Å². The van der Waals surface area contributed by atoms with Crippen molar-refractivity contribution in [1.82, 2.24) is 14.8 Å². The van der Waals surface area contributed by atoms with Crippen LogP contribution in [0.5, 0.6) is 0 Å². The van der Waals surface area contributed by atoms with E-state index in [1.165, 1.54) is 0 Å². The maximum Gasteiger partial charge on any atom is 0.273 e. The lowest BCUT2D eigenvalue weighted by Crippen LogP contribution is -2.17. The molecule has 0 aliphatic rings. The molecule has 96 valence electrons. The molecule has 0 radical (unpaired) electrons. The molecule has 0 fully saturated rings. The lowest BCUT2D eigenvalue weighted by atomic mass is 10.3. The van der Waals surface area contributed by atoms with Crippen LogP contribution in [0.15, 0.2) is 22.8 Å². The van der Waals surface area contributed by atoms with Crippen molar-refractivity contribution < 1.29 is 4.79 Å². The molecule has 0 aromatic carbocycles. The smallest absolute Gasteiger partial charge is 0.273 e. The molecule has 0 unspecified atom stereocenters. The van der Waals surface area contributed by atoms with E-state index < -0.39 is 0 Å². The molecule has 1 amide bonds. The summed E-state index contributed by atoms with van der Waals surface area (Å²) in [5.74, 6) is 0.388. The summed E-state index contributed by atoms with van der Waals surface area (Å²) in [7, 11) is 0. The second-order valence-corrected chi connectivity index (χ2v) is 5.04. The first kappa shape index (κ1) is 12.9. The van der Waals surface area contributed by atoms with Gasteiger partial charge in [0.05, 0.1) is 0 Å². The van der Waals surface area contributed by atoms with Crippen LogP contribution in [0.25, 0.3) is 0 Å². The largest absolute Gasteiger partial charge is 0.342 e. The molecular formula is C12H15BrN4O. The van der Waals surface area contributed by atoms with Crippen molar-refractivity contribution in [3.63, 3.8) is 0 Å². The fourth-order valence-electron chi connectivity index (χ4n) is 1.75. The summed E-state index contributed by atoms with van der Waals surface area (Å²) >= 11 is 3.39. The minimum absolute atomic E-state index is 0.152. The Morgan fingerprint density at radius 3 is 2.94 bits per heavy atom. The van der Waals surface area contributed by atoms with Crippen LogP contribution >= 0.6 is 15.9 Å². The summed E-state index contributed by atoms with van der Waals surface area (Å²) in [4.78, 5) is 12.1. The molecule has 0 aliphatic heterocycles. The van der Waals surface area contributed by atoms with E-state index in [9.17, 15) is 4.79 Å². The first-order valence-corrected chi connectivity index (χ1v) is 6.58. The van der Waals surface area contributed by atoms with Crippen molar-refractivity contribution in [2.75, 3.05) is 5.32 Å². The van der Waals surface area contributed by atoms with E-state index in [0.717, 1.165) is 23.1 Å². The number of aryl methyl sites for hydroxylation is 2. The van der Waals surface area contributed by atoms with E-state index in [-0.39, 0.29) is 5.91 Å². The Bertz CT molecular complexity index is 558. The van der Waals surface area contributed by atoms with Crippen molar-refractivity contribution in [3.05, 3.63) is 34.2 Å². The number of carbonyl (C=O) groups is 1. The van der Waals surface area contributed by atoms with E-state index in [4.69, 9.17) is 0 Å². The van der Waals surface area contributed by atoms with Crippen LogP contribution in [-0.2, 0) is 6.54 Å². The monoisotopic (exact) mass is 310 g/mol. The van der Waals surface area contributed by atoms with Gasteiger partial charge >= 0.3 is 0 Å². The van der Waals surface area contributed by atoms with Gasteiger partial charge in [-0.3, -0.25) is 9.89 Å². The van der Waals surface area contributed by atoms with Crippen LogP contribution in [0.3, 0.4) is 0 Å². The topological polar surface area (TPSA) is 62.7 Å².